The zero-order valence-corrected chi connectivity index (χ0v) is 17.0. The van der Waals surface area contributed by atoms with E-state index < -0.39 is 23.0 Å². The van der Waals surface area contributed by atoms with Crippen molar-refractivity contribution >= 4 is 11.6 Å². The van der Waals surface area contributed by atoms with E-state index in [0.29, 0.717) is 10.6 Å². The molecule has 30 heavy (non-hydrogen) atoms. The summed E-state index contributed by atoms with van der Waals surface area (Å²) in [6, 6.07) is 8.13. The van der Waals surface area contributed by atoms with Crippen LogP contribution in [0.15, 0.2) is 40.1 Å². The molecule has 1 N–H and O–H groups in total. The lowest BCUT2D eigenvalue weighted by molar-refractivity contribution is -0.138. The molecule has 2 heterocycles. The molecule has 0 radical (unpaired) electrons. The summed E-state index contributed by atoms with van der Waals surface area (Å²) in [5.74, 6) is 0.247. The fraction of sp³-hybridized carbons (Fsp3) is 0.263. The van der Waals surface area contributed by atoms with E-state index in [1.54, 1.807) is 12.1 Å². The van der Waals surface area contributed by atoms with Crippen LogP contribution in [-0.2, 0) is 19.8 Å². The van der Waals surface area contributed by atoms with Gasteiger partial charge in [-0.15, -0.1) is 0 Å². The van der Waals surface area contributed by atoms with E-state index in [1.807, 2.05) is 19.1 Å². The summed E-state index contributed by atoms with van der Waals surface area (Å²) in [5, 5.41) is 15.0. The quantitative estimate of drug-likeness (QED) is 0.663. The molecule has 3 aromatic rings. The molecule has 0 aliphatic carbocycles. The molecular formula is C19H17ClF3N5O2. The molecule has 0 bridgehead atoms. The van der Waals surface area contributed by atoms with Crippen molar-refractivity contribution in [3.8, 4) is 6.07 Å². The number of aromatic amines is 1. The monoisotopic (exact) mass is 439 g/mol. The first kappa shape index (κ1) is 23.0. The Morgan fingerprint density at radius 3 is 2.40 bits per heavy atom. The van der Waals surface area contributed by atoms with Crippen molar-refractivity contribution in [1.82, 2.24) is 19.3 Å². The molecule has 0 aliphatic heterocycles. The smallest absolute Gasteiger partial charge is 0.308 e. The van der Waals surface area contributed by atoms with E-state index in [9.17, 15) is 22.8 Å². The Balaban J connectivity index is 0.000000269. The third-order valence-electron chi connectivity index (χ3n) is 4.17. The van der Waals surface area contributed by atoms with Gasteiger partial charge in [0.1, 0.15) is 0 Å². The maximum atomic E-state index is 12.6. The normalized spacial score (nSPS) is 10.9. The van der Waals surface area contributed by atoms with Gasteiger partial charge in [-0.1, -0.05) is 11.6 Å². The SMILES string of the molecule is Cc1c(C(F)(F)F)ccn(Cc2n[nH]c(=O)n2C)c1=O.Cc1cc(Cl)cc(C#N)c1. The number of nitrogens with one attached hydrogen (secondary N) is 1. The predicted octanol–water partition coefficient (Wildman–Crippen LogP) is 3.17. The van der Waals surface area contributed by atoms with E-state index in [1.165, 1.54) is 11.6 Å². The maximum Gasteiger partial charge on any atom is 0.416 e. The van der Waals surface area contributed by atoms with Crippen LogP contribution < -0.4 is 11.2 Å². The van der Waals surface area contributed by atoms with Crippen molar-refractivity contribution in [3.63, 3.8) is 0 Å². The highest BCUT2D eigenvalue weighted by atomic mass is 35.5. The molecule has 3 rings (SSSR count). The number of aromatic nitrogens is 4. The second-order valence-corrected chi connectivity index (χ2v) is 6.85. The Hall–Kier alpha value is -3.32. The van der Waals surface area contributed by atoms with Crippen LogP contribution in [0.2, 0.25) is 5.02 Å². The van der Waals surface area contributed by atoms with Gasteiger partial charge in [-0.3, -0.25) is 9.36 Å². The van der Waals surface area contributed by atoms with E-state index in [0.717, 1.165) is 29.3 Å². The Morgan fingerprint density at radius 1 is 1.23 bits per heavy atom. The van der Waals surface area contributed by atoms with Crippen LogP contribution in [0.25, 0.3) is 0 Å². The third kappa shape index (κ3) is 5.39. The number of pyridine rings is 1. The first-order valence-corrected chi connectivity index (χ1v) is 8.86. The number of nitrogens with zero attached hydrogens (tertiary/aromatic N) is 4. The number of halogens is 4. The van der Waals surface area contributed by atoms with Crippen LogP contribution in [-0.4, -0.2) is 19.3 Å². The molecule has 0 fully saturated rings. The maximum absolute atomic E-state index is 12.6. The van der Waals surface area contributed by atoms with Crippen LogP contribution >= 0.6 is 11.6 Å². The van der Waals surface area contributed by atoms with Crippen molar-refractivity contribution < 1.29 is 13.2 Å². The number of hydrogen-bond donors (Lipinski definition) is 1. The van der Waals surface area contributed by atoms with Crippen molar-refractivity contribution in [2.45, 2.75) is 26.6 Å². The Morgan fingerprint density at radius 2 is 1.90 bits per heavy atom. The molecule has 0 amide bonds. The summed E-state index contributed by atoms with van der Waals surface area (Å²) in [5.41, 5.74) is -0.948. The van der Waals surface area contributed by atoms with Gasteiger partial charge < -0.3 is 4.57 Å². The van der Waals surface area contributed by atoms with E-state index in [4.69, 9.17) is 16.9 Å². The van der Waals surface area contributed by atoms with E-state index in [2.05, 4.69) is 10.2 Å². The molecule has 11 heteroatoms. The zero-order valence-electron chi connectivity index (χ0n) is 16.2. The number of alkyl halides is 3. The molecule has 0 spiro atoms. The lowest BCUT2D eigenvalue weighted by atomic mass is 10.1. The van der Waals surface area contributed by atoms with Gasteiger partial charge in [0, 0.05) is 23.8 Å². The summed E-state index contributed by atoms with van der Waals surface area (Å²) < 4.78 is 40.2. The van der Waals surface area contributed by atoms with Gasteiger partial charge in [-0.05, 0) is 43.7 Å². The topological polar surface area (TPSA) is 96.5 Å². The highest BCUT2D eigenvalue weighted by Gasteiger charge is 2.33. The zero-order chi connectivity index (χ0) is 22.6. The molecule has 0 aliphatic rings. The second-order valence-electron chi connectivity index (χ2n) is 6.42. The van der Waals surface area contributed by atoms with Crippen LogP contribution in [0.3, 0.4) is 0 Å². The molecule has 158 valence electrons. The molecule has 0 unspecified atom stereocenters. The number of hydrogen-bond acceptors (Lipinski definition) is 4. The van der Waals surface area contributed by atoms with Crippen molar-refractivity contribution in [2.75, 3.05) is 0 Å². The summed E-state index contributed by atoms with van der Waals surface area (Å²) in [6.07, 6.45) is -3.53. The summed E-state index contributed by atoms with van der Waals surface area (Å²) >= 11 is 5.68. The largest absolute Gasteiger partial charge is 0.416 e. The molecule has 2 aromatic heterocycles. The van der Waals surface area contributed by atoms with Gasteiger partial charge in [0.05, 0.1) is 23.7 Å². The molecule has 7 nitrogen and oxygen atoms in total. The highest BCUT2D eigenvalue weighted by molar-refractivity contribution is 6.30. The lowest BCUT2D eigenvalue weighted by Gasteiger charge is -2.12. The number of rotatable bonds is 2. The minimum Gasteiger partial charge on any atom is -0.308 e. The van der Waals surface area contributed by atoms with Gasteiger partial charge in [0.15, 0.2) is 5.82 Å². The number of benzene rings is 1. The Labute approximate surface area is 174 Å². The summed E-state index contributed by atoms with van der Waals surface area (Å²) in [7, 11) is 1.45. The number of nitriles is 1. The predicted molar refractivity (Wildman–Crippen MR) is 104 cm³/mol. The minimum absolute atomic E-state index is 0.0902. The Bertz CT molecular complexity index is 1200. The van der Waals surface area contributed by atoms with Gasteiger partial charge in [0.2, 0.25) is 0 Å². The summed E-state index contributed by atoms with van der Waals surface area (Å²) in [6.45, 7) is 2.94. The number of aryl methyl sites for hydroxylation is 1. The Kier molecular flexibility index (Phi) is 6.89. The average Bonchev–Trinajstić information content (AvgIpc) is 2.96. The fourth-order valence-corrected chi connectivity index (χ4v) is 2.88. The van der Waals surface area contributed by atoms with Crippen LogP contribution in [0.5, 0.6) is 0 Å². The molecule has 0 atom stereocenters. The number of H-pyrrole nitrogens is 1. The minimum atomic E-state index is -4.57. The van der Waals surface area contributed by atoms with Crippen molar-refractivity contribution in [3.05, 3.63) is 84.4 Å². The average molecular weight is 440 g/mol. The first-order valence-electron chi connectivity index (χ1n) is 8.49. The standard InChI is InChI=1S/C11H11F3N4O2.C8H6ClN/c1-6-7(11(12,13)14)3-4-18(9(6)19)5-8-15-16-10(20)17(8)2;1-6-2-7(5-10)4-8(9)3-6/h3-4H,5H2,1-2H3,(H,16,20);2-4H,1H3. The third-order valence-corrected chi connectivity index (χ3v) is 4.39. The molecule has 0 saturated carbocycles. The van der Waals surface area contributed by atoms with Crippen LogP contribution in [0, 0.1) is 25.2 Å². The highest BCUT2D eigenvalue weighted by Crippen LogP contribution is 2.30. The van der Waals surface area contributed by atoms with Crippen LogP contribution in [0.1, 0.15) is 28.1 Å². The van der Waals surface area contributed by atoms with Crippen LogP contribution in [0.4, 0.5) is 13.2 Å². The fourth-order valence-electron chi connectivity index (χ4n) is 2.59. The van der Waals surface area contributed by atoms with E-state index in [-0.39, 0.29) is 17.9 Å². The van der Waals surface area contributed by atoms with Gasteiger partial charge >= 0.3 is 11.9 Å². The van der Waals surface area contributed by atoms with Gasteiger partial charge in [-0.25, -0.2) is 9.89 Å². The first-order chi connectivity index (χ1) is 13.9. The summed E-state index contributed by atoms with van der Waals surface area (Å²) in [4.78, 5) is 23.1. The van der Waals surface area contributed by atoms with Gasteiger partial charge in [-0.2, -0.15) is 23.5 Å². The molecular weight excluding hydrogens is 423 g/mol. The molecule has 0 saturated heterocycles. The van der Waals surface area contributed by atoms with E-state index >= 15 is 0 Å². The lowest BCUT2D eigenvalue weighted by Crippen LogP contribution is -2.27. The van der Waals surface area contributed by atoms with Crippen molar-refractivity contribution in [1.29, 1.82) is 5.26 Å². The molecule has 1 aromatic carbocycles. The van der Waals surface area contributed by atoms with Gasteiger partial charge in [0.25, 0.3) is 5.56 Å². The second kappa shape index (κ2) is 9.00. The van der Waals surface area contributed by atoms with Crippen molar-refractivity contribution in [2.24, 2.45) is 7.05 Å².